The smallest absolute Gasteiger partial charge is 0.320 e. The van der Waals surface area contributed by atoms with E-state index in [2.05, 4.69) is 22.0 Å². The minimum atomic E-state index is -1.08. The van der Waals surface area contributed by atoms with E-state index in [4.69, 9.17) is 4.74 Å². The summed E-state index contributed by atoms with van der Waals surface area (Å²) in [6.45, 7) is 4.49. The number of carbonyl (C=O) groups is 1. The van der Waals surface area contributed by atoms with E-state index in [1.54, 1.807) is 0 Å². The number of aromatic nitrogens is 1. The molecule has 0 amide bonds. The van der Waals surface area contributed by atoms with Crippen molar-refractivity contribution in [3.63, 3.8) is 0 Å². The summed E-state index contributed by atoms with van der Waals surface area (Å²) < 4.78 is 5.26. The average molecular weight is 354 g/mol. The van der Waals surface area contributed by atoms with Gasteiger partial charge >= 0.3 is 5.97 Å². The van der Waals surface area contributed by atoms with Crippen molar-refractivity contribution in [2.45, 2.75) is 25.2 Å². The maximum absolute atomic E-state index is 13.1. The molecule has 5 heteroatoms. The lowest BCUT2D eigenvalue weighted by atomic mass is 9.66. The molecular weight excluding hydrogens is 328 g/mol. The largest absolute Gasteiger partial charge is 0.468 e. The SMILES string of the molecule is C/C=C1\CN2CCc3c([nH]c4ccccc34)[C@@](CO)(C(=O)OC)[C@H]1CC2. The van der Waals surface area contributed by atoms with Crippen LogP contribution in [-0.4, -0.2) is 54.3 Å². The standard InChI is InChI=1S/C21H26N2O3/c1-3-14-12-23-10-8-16-15-6-4-5-7-18(15)22-19(16)21(13-24,20(25)26-2)17(14)9-11-23/h3-7,17,22,24H,8-13H2,1-2H3/b14-3+/t17-,21-/m0/s1. The van der Waals surface area contributed by atoms with E-state index < -0.39 is 5.41 Å². The van der Waals surface area contributed by atoms with Gasteiger partial charge in [0.15, 0.2) is 0 Å². The van der Waals surface area contributed by atoms with Crippen molar-refractivity contribution in [3.8, 4) is 0 Å². The van der Waals surface area contributed by atoms with Crippen LogP contribution in [0, 0.1) is 5.92 Å². The highest BCUT2D eigenvalue weighted by atomic mass is 16.5. The fourth-order valence-corrected chi connectivity index (χ4v) is 4.96. The lowest BCUT2D eigenvalue weighted by Crippen LogP contribution is -2.52. The number of nitrogens with one attached hydrogen (secondary N) is 1. The summed E-state index contributed by atoms with van der Waals surface area (Å²) in [4.78, 5) is 19.1. The van der Waals surface area contributed by atoms with E-state index >= 15 is 0 Å². The number of benzene rings is 1. The van der Waals surface area contributed by atoms with E-state index in [0.29, 0.717) is 0 Å². The third kappa shape index (κ3) is 2.34. The summed E-state index contributed by atoms with van der Waals surface area (Å²) >= 11 is 0. The number of H-pyrrole nitrogens is 1. The first-order valence-corrected chi connectivity index (χ1v) is 9.32. The molecule has 138 valence electrons. The molecule has 4 heterocycles. The van der Waals surface area contributed by atoms with Crippen molar-refractivity contribution in [2.75, 3.05) is 33.4 Å². The Morgan fingerprint density at radius 3 is 2.96 bits per heavy atom. The van der Waals surface area contributed by atoms with Gasteiger partial charge in [-0.25, -0.2) is 0 Å². The quantitative estimate of drug-likeness (QED) is 0.642. The highest BCUT2D eigenvalue weighted by Crippen LogP contribution is 2.45. The zero-order valence-corrected chi connectivity index (χ0v) is 15.4. The van der Waals surface area contributed by atoms with Crippen LogP contribution in [0.3, 0.4) is 0 Å². The first kappa shape index (κ1) is 17.3. The molecule has 2 N–H and O–H groups in total. The molecule has 1 fully saturated rings. The Kier molecular flexibility index (Phi) is 4.37. The molecule has 0 radical (unpaired) electrons. The van der Waals surface area contributed by atoms with Crippen LogP contribution in [0.1, 0.15) is 24.6 Å². The lowest BCUT2D eigenvalue weighted by molar-refractivity contribution is -0.152. The number of nitrogens with zero attached hydrogens (tertiary/aromatic N) is 1. The Bertz CT molecular complexity index is 869. The van der Waals surface area contributed by atoms with Crippen molar-refractivity contribution in [2.24, 2.45) is 5.92 Å². The van der Waals surface area contributed by atoms with Crippen LogP contribution in [0.2, 0.25) is 0 Å². The van der Waals surface area contributed by atoms with Gasteiger partial charge in [-0.05, 0) is 37.9 Å². The number of piperidine rings is 1. The number of fused-ring (bicyclic) bond motifs is 4. The minimum absolute atomic E-state index is 0.0638. The number of methoxy groups -OCH3 is 1. The van der Waals surface area contributed by atoms with Crippen molar-refractivity contribution in [1.82, 2.24) is 9.88 Å². The molecule has 2 bridgehead atoms. The summed E-state index contributed by atoms with van der Waals surface area (Å²) in [6.07, 6.45) is 3.80. The van der Waals surface area contributed by atoms with Gasteiger partial charge in [-0.2, -0.15) is 0 Å². The number of allylic oxidation sites excluding steroid dienone is 1. The predicted molar refractivity (Wildman–Crippen MR) is 101 cm³/mol. The van der Waals surface area contributed by atoms with E-state index in [9.17, 15) is 9.90 Å². The highest BCUT2D eigenvalue weighted by Gasteiger charge is 2.53. The second-order valence-corrected chi connectivity index (χ2v) is 7.38. The lowest BCUT2D eigenvalue weighted by Gasteiger charge is -2.42. The van der Waals surface area contributed by atoms with E-state index in [0.717, 1.165) is 54.6 Å². The van der Waals surface area contributed by atoms with E-state index in [1.807, 2.05) is 25.1 Å². The zero-order valence-electron chi connectivity index (χ0n) is 15.4. The van der Waals surface area contributed by atoms with Gasteiger partial charge in [0.1, 0.15) is 5.41 Å². The second kappa shape index (κ2) is 6.56. The van der Waals surface area contributed by atoms with E-state index in [-0.39, 0.29) is 18.5 Å². The van der Waals surface area contributed by atoms with E-state index in [1.165, 1.54) is 12.7 Å². The molecule has 2 aromatic rings. The Balaban J connectivity index is 2.05. The van der Waals surface area contributed by atoms with Gasteiger partial charge in [-0.3, -0.25) is 9.69 Å². The Labute approximate surface area is 153 Å². The maximum Gasteiger partial charge on any atom is 0.320 e. The third-order valence-corrected chi connectivity index (χ3v) is 6.29. The third-order valence-electron chi connectivity index (χ3n) is 6.29. The molecule has 1 aromatic heterocycles. The maximum atomic E-state index is 13.1. The zero-order chi connectivity index (χ0) is 18.3. The van der Waals surface area contributed by atoms with Gasteiger partial charge in [0.05, 0.1) is 13.7 Å². The van der Waals surface area contributed by atoms with Crippen molar-refractivity contribution in [1.29, 1.82) is 0 Å². The number of esters is 1. The number of para-hydroxylation sites is 1. The number of ether oxygens (including phenoxy) is 1. The summed E-state index contributed by atoms with van der Waals surface area (Å²) in [6, 6.07) is 8.14. The number of rotatable bonds is 2. The monoisotopic (exact) mass is 354 g/mol. The molecule has 0 aliphatic carbocycles. The van der Waals surface area contributed by atoms with Crippen LogP contribution in [0.15, 0.2) is 35.9 Å². The molecule has 1 unspecified atom stereocenters. The van der Waals surface area contributed by atoms with Crippen LogP contribution >= 0.6 is 0 Å². The van der Waals surface area contributed by atoms with Crippen molar-refractivity contribution >= 4 is 16.9 Å². The molecule has 3 aliphatic rings. The number of hydrogen-bond donors (Lipinski definition) is 2. The van der Waals surface area contributed by atoms with Gasteiger partial charge in [-0.1, -0.05) is 29.8 Å². The highest BCUT2D eigenvalue weighted by molar-refractivity contribution is 5.91. The Hall–Kier alpha value is -2.11. The summed E-state index contributed by atoms with van der Waals surface area (Å²) in [5.41, 5.74) is 3.10. The molecule has 3 aliphatic heterocycles. The average Bonchev–Trinajstić information content (AvgIpc) is 3.09. The molecule has 0 saturated carbocycles. The van der Waals surface area contributed by atoms with Crippen LogP contribution in [0.5, 0.6) is 0 Å². The van der Waals surface area contributed by atoms with Gasteiger partial charge in [-0.15, -0.1) is 0 Å². The molecule has 1 aromatic carbocycles. The fourth-order valence-electron chi connectivity index (χ4n) is 4.96. The number of aliphatic hydroxyl groups is 1. The molecule has 5 nitrogen and oxygen atoms in total. The Morgan fingerprint density at radius 2 is 2.23 bits per heavy atom. The normalized spacial score (nSPS) is 29.9. The van der Waals surface area contributed by atoms with Gasteiger partial charge in [0, 0.05) is 35.6 Å². The summed E-state index contributed by atoms with van der Waals surface area (Å²) in [5, 5.41) is 11.7. The molecule has 0 spiro atoms. The van der Waals surface area contributed by atoms with Crippen LogP contribution < -0.4 is 0 Å². The van der Waals surface area contributed by atoms with Gasteiger partial charge in [0.25, 0.3) is 0 Å². The van der Waals surface area contributed by atoms with Crippen LogP contribution in [0.25, 0.3) is 10.9 Å². The summed E-state index contributed by atoms with van der Waals surface area (Å²) in [5.74, 6) is -0.418. The van der Waals surface area contributed by atoms with Gasteiger partial charge in [0.2, 0.25) is 0 Å². The second-order valence-electron chi connectivity index (χ2n) is 7.38. The molecule has 26 heavy (non-hydrogen) atoms. The number of aliphatic hydroxyl groups excluding tert-OH is 1. The molecule has 3 atom stereocenters. The molecular formula is C21H26N2O3. The number of hydrogen-bond acceptors (Lipinski definition) is 4. The first-order chi connectivity index (χ1) is 12.7. The van der Waals surface area contributed by atoms with Gasteiger partial charge < -0.3 is 14.8 Å². The fraction of sp³-hybridized carbons (Fsp3) is 0.476. The summed E-state index contributed by atoms with van der Waals surface area (Å²) in [7, 11) is 1.42. The van der Waals surface area contributed by atoms with Crippen LogP contribution in [-0.2, 0) is 21.4 Å². The number of aromatic amines is 1. The van der Waals surface area contributed by atoms with Crippen molar-refractivity contribution in [3.05, 3.63) is 47.2 Å². The van der Waals surface area contributed by atoms with Crippen LogP contribution in [0.4, 0.5) is 0 Å². The molecule has 1 saturated heterocycles. The minimum Gasteiger partial charge on any atom is -0.468 e. The first-order valence-electron chi connectivity index (χ1n) is 9.32. The molecule has 5 rings (SSSR count). The topological polar surface area (TPSA) is 65.6 Å². The van der Waals surface area contributed by atoms with Crippen molar-refractivity contribution < 1.29 is 14.6 Å². The number of carbonyl (C=O) groups excluding carboxylic acids is 1. The Morgan fingerprint density at radius 1 is 1.42 bits per heavy atom. The predicted octanol–water partition coefficient (Wildman–Crippen LogP) is 2.40.